The predicted molar refractivity (Wildman–Crippen MR) is 90.8 cm³/mol. The van der Waals surface area contributed by atoms with E-state index in [4.69, 9.17) is 11.6 Å². The molecule has 1 aliphatic rings. The average molecular weight is 359 g/mol. The van der Waals surface area contributed by atoms with Gasteiger partial charge in [0.15, 0.2) is 0 Å². The van der Waals surface area contributed by atoms with Crippen LogP contribution in [0.2, 0.25) is 5.02 Å². The Morgan fingerprint density at radius 1 is 1.22 bits per heavy atom. The third-order valence-corrected chi connectivity index (χ3v) is 5.95. The van der Waals surface area contributed by atoms with Crippen molar-refractivity contribution in [3.63, 3.8) is 0 Å². The molecule has 1 fully saturated rings. The van der Waals surface area contributed by atoms with Crippen LogP contribution in [0.3, 0.4) is 0 Å². The van der Waals surface area contributed by atoms with Crippen LogP contribution < -0.4 is 10.0 Å². The Kier molecular flexibility index (Phi) is 6.44. The monoisotopic (exact) mass is 358 g/mol. The van der Waals surface area contributed by atoms with Crippen LogP contribution >= 0.6 is 11.6 Å². The second-order valence-corrected chi connectivity index (χ2v) is 8.24. The fourth-order valence-corrected chi connectivity index (χ4v) is 3.96. The van der Waals surface area contributed by atoms with E-state index in [2.05, 4.69) is 17.0 Å². The molecule has 2 rings (SSSR count). The largest absolute Gasteiger partial charge is 0.353 e. The van der Waals surface area contributed by atoms with Crippen molar-refractivity contribution in [3.05, 3.63) is 29.3 Å². The van der Waals surface area contributed by atoms with Crippen molar-refractivity contribution >= 4 is 27.5 Å². The molecule has 128 valence electrons. The predicted octanol–water partition coefficient (Wildman–Crippen LogP) is 2.70. The molecule has 0 aliphatic heterocycles. The molecule has 7 heteroatoms. The van der Waals surface area contributed by atoms with E-state index >= 15 is 0 Å². The van der Waals surface area contributed by atoms with Gasteiger partial charge >= 0.3 is 0 Å². The first-order valence-corrected chi connectivity index (χ1v) is 9.79. The lowest BCUT2D eigenvalue weighted by Gasteiger charge is -2.29. The summed E-state index contributed by atoms with van der Waals surface area (Å²) in [6.07, 6.45) is 4.63. The SMILES string of the molecule is C[C@H]1CCCC[C@H]1NC(=O)CCNS(=O)(=O)c1ccc(Cl)cc1. The van der Waals surface area contributed by atoms with Gasteiger partial charge in [-0.05, 0) is 43.0 Å². The van der Waals surface area contributed by atoms with Gasteiger partial charge in [-0.3, -0.25) is 4.79 Å². The van der Waals surface area contributed by atoms with Crippen LogP contribution in [0.15, 0.2) is 29.2 Å². The number of sulfonamides is 1. The van der Waals surface area contributed by atoms with Crippen molar-refractivity contribution < 1.29 is 13.2 Å². The summed E-state index contributed by atoms with van der Waals surface area (Å²) in [6.45, 7) is 2.23. The van der Waals surface area contributed by atoms with Crippen molar-refractivity contribution in [1.29, 1.82) is 0 Å². The van der Waals surface area contributed by atoms with Crippen LogP contribution in [0.25, 0.3) is 0 Å². The van der Waals surface area contributed by atoms with E-state index in [0.29, 0.717) is 10.9 Å². The molecule has 2 N–H and O–H groups in total. The fraction of sp³-hybridized carbons (Fsp3) is 0.562. The molecule has 0 heterocycles. The number of halogens is 1. The Morgan fingerprint density at radius 2 is 1.87 bits per heavy atom. The molecule has 0 saturated heterocycles. The summed E-state index contributed by atoms with van der Waals surface area (Å²) in [5, 5.41) is 3.49. The summed E-state index contributed by atoms with van der Waals surface area (Å²) in [7, 11) is -3.61. The van der Waals surface area contributed by atoms with Gasteiger partial charge in [-0.15, -0.1) is 0 Å². The second kappa shape index (κ2) is 8.13. The number of amides is 1. The molecule has 0 unspecified atom stereocenters. The smallest absolute Gasteiger partial charge is 0.240 e. The van der Waals surface area contributed by atoms with Crippen LogP contribution in [-0.4, -0.2) is 26.9 Å². The van der Waals surface area contributed by atoms with Gasteiger partial charge in [-0.25, -0.2) is 13.1 Å². The molecule has 23 heavy (non-hydrogen) atoms. The topological polar surface area (TPSA) is 75.3 Å². The lowest BCUT2D eigenvalue weighted by Crippen LogP contribution is -2.42. The van der Waals surface area contributed by atoms with E-state index in [1.54, 1.807) is 0 Å². The summed E-state index contributed by atoms with van der Waals surface area (Å²) < 4.78 is 26.6. The van der Waals surface area contributed by atoms with Gasteiger partial charge in [0, 0.05) is 24.0 Å². The maximum absolute atomic E-state index is 12.1. The number of nitrogens with one attached hydrogen (secondary N) is 2. The van der Waals surface area contributed by atoms with Crippen LogP contribution in [0.1, 0.15) is 39.0 Å². The van der Waals surface area contributed by atoms with E-state index in [-0.39, 0.29) is 29.8 Å². The lowest BCUT2D eigenvalue weighted by atomic mass is 9.86. The fourth-order valence-electron chi connectivity index (χ4n) is 2.81. The molecule has 0 bridgehead atoms. The highest BCUT2D eigenvalue weighted by Gasteiger charge is 2.22. The van der Waals surface area contributed by atoms with Crippen LogP contribution in [-0.2, 0) is 14.8 Å². The van der Waals surface area contributed by atoms with E-state index in [9.17, 15) is 13.2 Å². The maximum Gasteiger partial charge on any atom is 0.240 e. The quantitative estimate of drug-likeness (QED) is 0.821. The first-order valence-electron chi connectivity index (χ1n) is 7.93. The third-order valence-electron chi connectivity index (χ3n) is 4.23. The highest BCUT2D eigenvalue weighted by atomic mass is 35.5. The van der Waals surface area contributed by atoms with Gasteiger partial charge in [0.1, 0.15) is 0 Å². The van der Waals surface area contributed by atoms with Gasteiger partial charge in [0.05, 0.1) is 4.90 Å². The molecule has 0 spiro atoms. The van der Waals surface area contributed by atoms with Crippen molar-refractivity contribution in [2.24, 2.45) is 5.92 Å². The zero-order valence-electron chi connectivity index (χ0n) is 13.2. The normalized spacial score (nSPS) is 21.8. The maximum atomic E-state index is 12.1. The van der Waals surface area contributed by atoms with E-state index in [0.717, 1.165) is 19.3 Å². The molecule has 0 radical (unpaired) electrons. The minimum absolute atomic E-state index is 0.0812. The zero-order chi connectivity index (χ0) is 16.9. The van der Waals surface area contributed by atoms with Crippen molar-refractivity contribution in [2.75, 3.05) is 6.54 Å². The summed E-state index contributed by atoms with van der Waals surface area (Å²) >= 11 is 5.74. The van der Waals surface area contributed by atoms with Gasteiger partial charge in [-0.1, -0.05) is 31.4 Å². The molecule has 1 aliphatic carbocycles. The zero-order valence-corrected chi connectivity index (χ0v) is 14.8. The van der Waals surface area contributed by atoms with E-state index in [1.165, 1.54) is 30.7 Å². The van der Waals surface area contributed by atoms with Crippen LogP contribution in [0.5, 0.6) is 0 Å². The number of hydrogen-bond donors (Lipinski definition) is 2. The molecule has 1 aromatic carbocycles. The average Bonchev–Trinajstić information content (AvgIpc) is 2.50. The Morgan fingerprint density at radius 3 is 2.52 bits per heavy atom. The molecule has 2 atom stereocenters. The van der Waals surface area contributed by atoms with Gasteiger partial charge in [0.25, 0.3) is 0 Å². The summed E-state index contributed by atoms with van der Waals surface area (Å²) in [4.78, 5) is 12.1. The summed E-state index contributed by atoms with van der Waals surface area (Å²) in [5.74, 6) is 0.376. The van der Waals surface area contributed by atoms with Gasteiger partial charge in [-0.2, -0.15) is 0 Å². The van der Waals surface area contributed by atoms with Crippen molar-refractivity contribution in [3.8, 4) is 0 Å². The molecule has 1 aromatic rings. The first kappa shape index (κ1) is 18.2. The third kappa shape index (κ3) is 5.48. The van der Waals surface area contributed by atoms with Gasteiger partial charge in [0.2, 0.25) is 15.9 Å². The first-order chi connectivity index (χ1) is 10.9. The minimum Gasteiger partial charge on any atom is -0.353 e. The second-order valence-electron chi connectivity index (χ2n) is 6.04. The number of hydrogen-bond acceptors (Lipinski definition) is 3. The van der Waals surface area contributed by atoms with Crippen molar-refractivity contribution in [1.82, 2.24) is 10.0 Å². The van der Waals surface area contributed by atoms with Gasteiger partial charge < -0.3 is 5.32 Å². The molecule has 1 amide bonds. The van der Waals surface area contributed by atoms with E-state index < -0.39 is 10.0 Å². The molecule has 0 aromatic heterocycles. The Balaban J connectivity index is 1.79. The number of benzene rings is 1. The number of carbonyl (C=O) groups is 1. The molecular weight excluding hydrogens is 336 g/mol. The Hall–Kier alpha value is -1.11. The highest BCUT2D eigenvalue weighted by Crippen LogP contribution is 2.23. The Labute approximate surface area is 142 Å². The minimum atomic E-state index is -3.61. The lowest BCUT2D eigenvalue weighted by molar-refractivity contribution is -0.122. The molecule has 5 nitrogen and oxygen atoms in total. The number of carbonyl (C=O) groups excluding carboxylic acids is 1. The highest BCUT2D eigenvalue weighted by molar-refractivity contribution is 7.89. The standard InChI is InChI=1S/C16H23ClN2O3S/c1-12-4-2-3-5-15(12)19-16(20)10-11-18-23(21,22)14-8-6-13(17)7-9-14/h6-9,12,15,18H,2-5,10-11H2,1H3,(H,19,20)/t12-,15+/m0/s1. The van der Waals surface area contributed by atoms with Crippen LogP contribution in [0, 0.1) is 5.92 Å². The van der Waals surface area contributed by atoms with E-state index in [1.807, 2.05) is 0 Å². The summed E-state index contributed by atoms with van der Waals surface area (Å²) in [5.41, 5.74) is 0. The molecular formula is C16H23ClN2O3S. The number of rotatable bonds is 6. The Bertz CT molecular complexity index is 631. The molecule has 1 saturated carbocycles. The van der Waals surface area contributed by atoms with Crippen LogP contribution in [0.4, 0.5) is 0 Å². The summed E-state index contributed by atoms with van der Waals surface area (Å²) in [6, 6.07) is 6.13. The van der Waals surface area contributed by atoms with Crippen molar-refractivity contribution in [2.45, 2.75) is 50.0 Å².